The second kappa shape index (κ2) is 6.34. The van der Waals surface area contributed by atoms with Crippen molar-refractivity contribution in [2.24, 2.45) is 0 Å². The maximum absolute atomic E-state index is 12.0. The van der Waals surface area contributed by atoms with Crippen molar-refractivity contribution in [2.45, 2.75) is 19.8 Å². The van der Waals surface area contributed by atoms with Crippen molar-refractivity contribution in [3.63, 3.8) is 0 Å². The number of ether oxygens (including phenoxy) is 1. The summed E-state index contributed by atoms with van der Waals surface area (Å²) in [6.07, 6.45) is -4.67. The van der Waals surface area contributed by atoms with E-state index in [4.69, 9.17) is 0 Å². The van der Waals surface area contributed by atoms with E-state index in [9.17, 15) is 13.2 Å². The van der Waals surface area contributed by atoms with E-state index in [1.54, 1.807) is 12.1 Å². The molecule has 0 radical (unpaired) electrons. The molecule has 1 N–H and O–H groups in total. The van der Waals surface area contributed by atoms with Crippen molar-refractivity contribution in [2.75, 3.05) is 5.32 Å². The van der Waals surface area contributed by atoms with Gasteiger partial charge in [-0.3, -0.25) is 0 Å². The maximum Gasteiger partial charge on any atom is 0.573 e. The molecule has 0 aliphatic carbocycles. The number of pyridine rings is 1. The highest BCUT2D eigenvalue weighted by molar-refractivity contribution is 9.10. The number of nitrogens with one attached hydrogen (secondary N) is 1. The standard InChI is InChI=1S/C14H12BrF3N2O/c1-9-12(6-7-13(15)20-9)19-8-10-2-4-11(5-3-10)21-14(16,17)18/h2-7,19H,8H2,1H3. The van der Waals surface area contributed by atoms with Crippen LogP contribution >= 0.6 is 15.9 Å². The average molecular weight is 361 g/mol. The molecular formula is C14H12BrF3N2O. The Bertz CT molecular complexity index is 615. The van der Waals surface area contributed by atoms with Gasteiger partial charge in [0.05, 0.1) is 11.4 Å². The molecule has 7 heteroatoms. The largest absolute Gasteiger partial charge is 0.573 e. The first-order valence-electron chi connectivity index (χ1n) is 6.05. The molecular weight excluding hydrogens is 349 g/mol. The molecule has 2 rings (SSSR count). The molecule has 0 aliphatic heterocycles. The van der Waals surface area contributed by atoms with Gasteiger partial charge < -0.3 is 10.1 Å². The lowest BCUT2D eigenvalue weighted by Gasteiger charge is -2.11. The zero-order chi connectivity index (χ0) is 15.5. The average Bonchev–Trinajstić information content (AvgIpc) is 2.38. The molecule has 0 atom stereocenters. The molecule has 21 heavy (non-hydrogen) atoms. The second-order valence-corrected chi connectivity index (χ2v) is 5.12. The minimum absolute atomic E-state index is 0.229. The highest BCUT2D eigenvalue weighted by Crippen LogP contribution is 2.23. The Hall–Kier alpha value is -1.76. The Balaban J connectivity index is 1.97. The van der Waals surface area contributed by atoms with Gasteiger partial charge in [0.15, 0.2) is 0 Å². The highest BCUT2D eigenvalue weighted by Gasteiger charge is 2.30. The molecule has 0 spiro atoms. The predicted molar refractivity (Wildman–Crippen MR) is 77.1 cm³/mol. The van der Waals surface area contributed by atoms with Crippen LogP contribution in [0.3, 0.4) is 0 Å². The topological polar surface area (TPSA) is 34.2 Å². The molecule has 1 heterocycles. The van der Waals surface area contributed by atoms with Gasteiger partial charge >= 0.3 is 6.36 Å². The molecule has 2 aromatic rings. The fraction of sp³-hybridized carbons (Fsp3) is 0.214. The van der Waals surface area contributed by atoms with E-state index < -0.39 is 6.36 Å². The lowest BCUT2D eigenvalue weighted by molar-refractivity contribution is -0.274. The van der Waals surface area contributed by atoms with E-state index in [0.29, 0.717) is 6.54 Å². The van der Waals surface area contributed by atoms with E-state index >= 15 is 0 Å². The van der Waals surface area contributed by atoms with Crippen LogP contribution in [-0.4, -0.2) is 11.3 Å². The first-order chi connectivity index (χ1) is 9.83. The number of anilines is 1. The summed E-state index contributed by atoms with van der Waals surface area (Å²) in [6.45, 7) is 2.35. The zero-order valence-corrected chi connectivity index (χ0v) is 12.6. The molecule has 0 bridgehead atoms. The van der Waals surface area contributed by atoms with Gasteiger partial charge in [-0.1, -0.05) is 12.1 Å². The van der Waals surface area contributed by atoms with Gasteiger partial charge in [-0.05, 0) is 52.7 Å². The number of alkyl halides is 3. The third-order valence-electron chi connectivity index (χ3n) is 2.69. The van der Waals surface area contributed by atoms with Crippen molar-refractivity contribution < 1.29 is 17.9 Å². The van der Waals surface area contributed by atoms with Gasteiger partial charge in [0.1, 0.15) is 10.4 Å². The number of halogens is 4. The molecule has 112 valence electrons. The molecule has 0 aliphatic rings. The maximum atomic E-state index is 12.0. The van der Waals surface area contributed by atoms with Crippen LogP contribution in [0, 0.1) is 6.92 Å². The summed E-state index contributed by atoms with van der Waals surface area (Å²) in [5.74, 6) is -0.229. The van der Waals surface area contributed by atoms with E-state index in [-0.39, 0.29) is 5.75 Å². The molecule has 0 saturated carbocycles. The summed E-state index contributed by atoms with van der Waals surface area (Å²) in [5, 5.41) is 3.18. The van der Waals surface area contributed by atoms with Crippen LogP contribution in [0.2, 0.25) is 0 Å². The normalized spacial score (nSPS) is 11.3. The smallest absolute Gasteiger partial charge is 0.406 e. The second-order valence-electron chi connectivity index (χ2n) is 4.31. The lowest BCUT2D eigenvalue weighted by atomic mass is 10.2. The molecule has 0 unspecified atom stereocenters. The van der Waals surface area contributed by atoms with Crippen LogP contribution in [-0.2, 0) is 6.54 Å². The van der Waals surface area contributed by atoms with Gasteiger partial charge in [-0.2, -0.15) is 0 Å². The molecule has 0 saturated heterocycles. The van der Waals surface area contributed by atoms with Gasteiger partial charge in [-0.15, -0.1) is 13.2 Å². The number of rotatable bonds is 4. The van der Waals surface area contributed by atoms with Crippen molar-refractivity contribution >= 4 is 21.6 Å². The third-order valence-corrected chi connectivity index (χ3v) is 3.13. The number of hydrogen-bond donors (Lipinski definition) is 1. The summed E-state index contributed by atoms with van der Waals surface area (Å²) < 4.78 is 40.7. The number of aryl methyl sites for hydroxylation is 1. The first-order valence-corrected chi connectivity index (χ1v) is 6.84. The Morgan fingerprint density at radius 2 is 1.81 bits per heavy atom. The molecule has 1 aromatic heterocycles. The summed E-state index contributed by atoms with van der Waals surface area (Å²) >= 11 is 3.28. The van der Waals surface area contributed by atoms with E-state index in [0.717, 1.165) is 21.5 Å². The van der Waals surface area contributed by atoms with Gasteiger partial charge in [-0.25, -0.2) is 4.98 Å². The molecule has 3 nitrogen and oxygen atoms in total. The lowest BCUT2D eigenvalue weighted by Crippen LogP contribution is -2.17. The summed E-state index contributed by atoms with van der Waals surface area (Å²) in [7, 11) is 0. The van der Waals surface area contributed by atoms with Crippen LogP contribution in [0.1, 0.15) is 11.3 Å². The number of nitrogens with zero attached hydrogens (tertiary/aromatic N) is 1. The molecule has 1 aromatic carbocycles. The zero-order valence-electron chi connectivity index (χ0n) is 11.0. The first kappa shape index (κ1) is 15.6. The fourth-order valence-corrected chi connectivity index (χ4v) is 2.12. The monoisotopic (exact) mass is 360 g/mol. The Morgan fingerprint density at radius 3 is 2.38 bits per heavy atom. The third kappa shape index (κ3) is 4.93. The van der Waals surface area contributed by atoms with E-state index in [1.807, 2.05) is 19.1 Å². The van der Waals surface area contributed by atoms with Crippen LogP contribution < -0.4 is 10.1 Å². The predicted octanol–water partition coefficient (Wildman–Crippen LogP) is 4.66. The van der Waals surface area contributed by atoms with Crippen LogP contribution in [0.25, 0.3) is 0 Å². The van der Waals surface area contributed by atoms with Crippen LogP contribution in [0.5, 0.6) is 5.75 Å². The quantitative estimate of drug-likeness (QED) is 0.805. The van der Waals surface area contributed by atoms with Crippen molar-refractivity contribution in [1.82, 2.24) is 4.98 Å². The van der Waals surface area contributed by atoms with Crippen LogP contribution in [0.15, 0.2) is 41.0 Å². The molecule has 0 fully saturated rings. The molecule has 0 amide bonds. The summed E-state index contributed by atoms with van der Waals surface area (Å²) in [4.78, 5) is 4.25. The van der Waals surface area contributed by atoms with E-state index in [2.05, 4.69) is 31.0 Å². The Morgan fingerprint density at radius 1 is 1.14 bits per heavy atom. The number of hydrogen-bond acceptors (Lipinski definition) is 3. The van der Waals surface area contributed by atoms with Crippen molar-refractivity contribution in [3.8, 4) is 5.75 Å². The fourth-order valence-electron chi connectivity index (χ4n) is 1.72. The summed E-state index contributed by atoms with van der Waals surface area (Å²) in [5.41, 5.74) is 2.54. The minimum atomic E-state index is -4.67. The minimum Gasteiger partial charge on any atom is -0.406 e. The Kier molecular flexibility index (Phi) is 4.72. The van der Waals surface area contributed by atoms with Crippen molar-refractivity contribution in [3.05, 3.63) is 52.3 Å². The number of aromatic nitrogens is 1. The number of benzene rings is 1. The van der Waals surface area contributed by atoms with Gasteiger partial charge in [0, 0.05) is 6.54 Å². The van der Waals surface area contributed by atoms with Gasteiger partial charge in [0.2, 0.25) is 0 Å². The Labute approximate surface area is 128 Å². The van der Waals surface area contributed by atoms with Gasteiger partial charge in [0.25, 0.3) is 0 Å². The highest BCUT2D eigenvalue weighted by atomic mass is 79.9. The summed E-state index contributed by atoms with van der Waals surface area (Å²) in [6, 6.07) is 9.43. The van der Waals surface area contributed by atoms with Crippen LogP contribution in [0.4, 0.5) is 18.9 Å². The SMILES string of the molecule is Cc1nc(Br)ccc1NCc1ccc(OC(F)(F)F)cc1. The van der Waals surface area contributed by atoms with E-state index in [1.165, 1.54) is 12.1 Å². The van der Waals surface area contributed by atoms with Crippen molar-refractivity contribution in [1.29, 1.82) is 0 Å².